The zero-order chi connectivity index (χ0) is 20.4. The van der Waals surface area contributed by atoms with Crippen molar-refractivity contribution < 1.29 is 9.72 Å². The maximum Gasteiger partial charge on any atom is 0.390 e. The van der Waals surface area contributed by atoms with Gasteiger partial charge < -0.3 is 15.4 Å². The minimum Gasteiger partial charge on any atom is -0.358 e. The highest BCUT2D eigenvalue weighted by Crippen LogP contribution is 2.21. The van der Waals surface area contributed by atoms with E-state index in [-0.39, 0.29) is 18.3 Å². The molecule has 3 aromatic rings. The second kappa shape index (κ2) is 7.93. The normalized spacial score (nSPS) is 10.9. The fourth-order valence-corrected chi connectivity index (χ4v) is 3.11. The van der Waals surface area contributed by atoms with Gasteiger partial charge in [0.05, 0.1) is 39.3 Å². The summed E-state index contributed by atoms with van der Waals surface area (Å²) in [5, 5.41) is 21.9. The van der Waals surface area contributed by atoms with Crippen molar-refractivity contribution in [1.29, 1.82) is 0 Å². The summed E-state index contributed by atoms with van der Waals surface area (Å²) in [7, 11) is 0. The van der Waals surface area contributed by atoms with Gasteiger partial charge >= 0.3 is 5.82 Å². The fourth-order valence-electron chi connectivity index (χ4n) is 2.83. The molecule has 1 aromatic carbocycles. The third-order valence-electron chi connectivity index (χ3n) is 4.28. The highest BCUT2D eigenvalue weighted by Gasteiger charge is 2.17. The van der Waals surface area contributed by atoms with Gasteiger partial charge in [-0.15, -0.1) is 0 Å². The molecule has 9 nitrogen and oxygen atoms in total. The Balaban J connectivity index is 1.69. The lowest BCUT2D eigenvalue weighted by Gasteiger charge is -2.09. The van der Waals surface area contributed by atoms with E-state index in [9.17, 15) is 14.9 Å². The molecule has 0 unspecified atom stereocenters. The van der Waals surface area contributed by atoms with Gasteiger partial charge in [0.25, 0.3) is 0 Å². The number of nitrogens with zero attached hydrogens (tertiary/aromatic N) is 5. The molecule has 0 atom stereocenters. The van der Waals surface area contributed by atoms with Crippen molar-refractivity contribution in [3.63, 3.8) is 0 Å². The Morgan fingerprint density at radius 1 is 1.21 bits per heavy atom. The quantitative estimate of drug-likeness (QED) is 0.461. The number of carbonyl (C=O) groups excluding carboxylic acids is 1. The number of hydrogen-bond donors (Lipinski definition) is 1. The molecule has 0 saturated heterocycles. The summed E-state index contributed by atoms with van der Waals surface area (Å²) in [6, 6.07) is 8.81. The van der Waals surface area contributed by atoms with Gasteiger partial charge in [-0.05, 0) is 59.3 Å². The van der Waals surface area contributed by atoms with Crippen molar-refractivity contribution in [3.8, 4) is 0 Å². The van der Waals surface area contributed by atoms with E-state index in [0.717, 1.165) is 21.4 Å². The molecule has 2 aromatic heterocycles. The number of aromatic nitrogens is 4. The first-order valence-corrected chi connectivity index (χ1v) is 9.31. The molecule has 0 bridgehead atoms. The van der Waals surface area contributed by atoms with E-state index in [1.807, 2.05) is 36.7 Å². The smallest absolute Gasteiger partial charge is 0.358 e. The molecule has 0 saturated carbocycles. The molecular weight excluding hydrogens is 428 g/mol. The largest absolute Gasteiger partial charge is 0.390 e. The zero-order valence-corrected chi connectivity index (χ0v) is 17.2. The van der Waals surface area contributed by atoms with Crippen LogP contribution < -0.4 is 5.32 Å². The molecule has 28 heavy (non-hydrogen) atoms. The molecule has 146 valence electrons. The number of nitrogens with one attached hydrogen (secondary N) is 1. The van der Waals surface area contributed by atoms with Crippen LogP contribution in [0.2, 0.25) is 0 Å². The minimum atomic E-state index is -0.581. The van der Waals surface area contributed by atoms with Gasteiger partial charge in [0, 0.05) is 5.69 Å². The van der Waals surface area contributed by atoms with Gasteiger partial charge in [-0.25, -0.2) is 0 Å². The first-order valence-electron chi connectivity index (χ1n) is 8.51. The van der Waals surface area contributed by atoms with Crippen molar-refractivity contribution >= 4 is 33.3 Å². The number of anilines is 1. The predicted molar refractivity (Wildman–Crippen MR) is 107 cm³/mol. The van der Waals surface area contributed by atoms with Gasteiger partial charge in [-0.2, -0.15) is 9.78 Å². The minimum absolute atomic E-state index is 0.103. The van der Waals surface area contributed by atoms with E-state index in [1.54, 1.807) is 13.0 Å². The van der Waals surface area contributed by atoms with Crippen LogP contribution in [0.3, 0.4) is 0 Å². The molecule has 0 fully saturated rings. The first kappa shape index (κ1) is 19.7. The lowest BCUT2D eigenvalue weighted by molar-refractivity contribution is -0.389. The van der Waals surface area contributed by atoms with Crippen LogP contribution in [0.5, 0.6) is 0 Å². The number of benzene rings is 1. The van der Waals surface area contributed by atoms with Crippen LogP contribution in [0.1, 0.15) is 22.6 Å². The topological polar surface area (TPSA) is 108 Å². The van der Waals surface area contributed by atoms with Gasteiger partial charge in [-0.3, -0.25) is 9.48 Å². The van der Waals surface area contributed by atoms with Gasteiger partial charge in [0.1, 0.15) is 6.54 Å². The molecule has 1 N–H and O–H groups in total. The van der Waals surface area contributed by atoms with Crippen molar-refractivity contribution in [2.24, 2.45) is 0 Å². The molecular formula is C18H19BrN6O3. The summed E-state index contributed by atoms with van der Waals surface area (Å²) < 4.78 is 4.19. The monoisotopic (exact) mass is 446 g/mol. The average Bonchev–Trinajstić information content (AvgIpc) is 3.11. The fraction of sp³-hybridized carbons (Fsp3) is 0.278. The number of rotatable bonds is 6. The van der Waals surface area contributed by atoms with Crippen molar-refractivity contribution in [3.05, 3.63) is 67.6 Å². The number of aryl methyl sites for hydroxylation is 2. The van der Waals surface area contributed by atoms with E-state index in [0.29, 0.717) is 17.9 Å². The Morgan fingerprint density at radius 3 is 2.57 bits per heavy atom. The number of nitro groups is 1. The van der Waals surface area contributed by atoms with Crippen LogP contribution in [-0.2, 0) is 17.9 Å². The molecule has 1 amide bonds. The van der Waals surface area contributed by atoms with Crippen LogP contribution in [0.25, 0.3) is 0 Å². The summed E-state index contributed by atoms with van der Waals surface area (Å²) in [4.78, 5) is 22.5. The first-order chi connectivity index (χ1) is 13.2. The molecule has 2 heterocycles. The van der Waals surface area contributed by atoms with Crippen LogP contribution >= 0.6 is 15.9 Å². The van der Waals surface area contributed by atoms with E-state index < -0.39 is 4.92 Å². The molecule has 3 rings (SSSR count). The summed E-state index contributed by atoms with van der Waals surface area (Å²) in [6.07, 6.45) is 0. The second-order valence-corrected chi connectivity index (χ2v) is 7.24. The molecule has 0 aliphatic rings. The van der Waals surface area contributed by atoms with Crippen LogP contribution in [0.4, 0.5) is 11.5 Å². The van der Waals surface area contributed by atoms with Crippen LogP contribution in [0, 0.1) is 30.9 Å². The predicted octanol–water partition coefficient (Wildman–Crippen LogP) is 3.36. The Kier molecular flexibility index (Phi) is 5.59. The summed E-state index contributed by atoms with van der Waals surface area (Å²) >= 11 is 3.52. The second-order valence-electron chi connectivity index (χ2n) is 6.45. The van der Waals surface area contributed by atoms with Crippen molar-refractivity contribution in [1.82, 2.24) is 19.6 Å². The van der Waals surface area contributed by atoms with Crippen molar-refractivity contribution in [2.75, 3.05) is 5.32 Å². The van der Waals surface area contributed by atoms with Crippen molar-refractivity contribution in [2.45, 2.75) is 33.9 Å². The summed E-state index contributed by atoms with van der Waals surface area (Å²) in [6.45, 7) is 6.06. The maximum absolute atomic E-state index is 12.3. The molecule has 10 heteroatoms. The van der Waals surface area contributed by atoms with E-state index in [1.165, 1.54) is 10.7 Å². The third kappa shape index (κ3) is 4.28. The summed E-state index contributed by atoms with van der Waals surface area (Å²) in [5.74, 6) is -0.588. The Hall–Kier alpha value is -3.01. The van der Waals surface area contributed by atoms with E-state index in [2.05, 4.69) is 31.4 Å². The third-order valence-corrected chi connectivity index (χ3v) is 5.43. The highest BCUT2D eigenvalue weighted by atomic mass is 79.9. The summed E-state index contributed by atoms with van der Waals surface area (Å²) in [5.41, 5.74) is 4.13. The molecule has 0 spiro atoms. The number of hydrogen-bond acceptors (Lipinski definition) is 5. The SMILES string of the molecule is Cc1nn(Cc2cccc(NC(=O)Cn3nc([N+](=O)[O-])cc3C)c2)c(C)c1Br. The number of amides is 1. The Bertz CT molecular complexity index is 1060. The lowest BCUT2D eigenvalue weighted by atomic mass is 10.2. The maximum atomic E-state index is 12.3. The van der Waals surface area contributed by atoms with Gasteiger partial charge in [0.2, 0.25) is 5.91 Å². The van der Waals surface area contributed by atoms with Crippen LogP contribution in [0.15, 0.2) is 34.8 Å². The standard InChI is InChI=1S/C18H19BrN6O3/c1-11-7-16(25(27)28)22-23(11)10-17(26)20-15-6-4-5-14(8-15)9-24-13(3)18(19)12(2)21-24/h4-8H,9-10H2,1-3H3,(H,20,26). The molecule has 0 aliphatic heterocycles. The highest BCUT2D eigenvalue weighted by molar-refractivity contribution is 9.10. The Morgan fingerprint density at radius 2 is 1.96 bits per heavy atom. The van der Waals surface area contributed by atoms with Gasteiger partial charge in [-0.1, -0.05) is 12.1 Å². The van der Waals surface area contributed by atoms with Gasteiger partial charge in [0.15, 0.2) is 0 Å². The lowest BCUT2D eigenvalue weighted by Crippen LogP contribution is -2.20. The van der Waals surface area contributed by atoms with E-state index in [4.69, 9.17) is 0 Å². The number of halogens is 1. The molecule has 0 radical (unpaired) electrons. The molecule has 0 aliphatic carbocycles. The average molecular weight is 447 g/mol. The zero-order valence-electron chi connectivity index (χ0n) is 15.6. The van der Waals surface area contributed by atoms with Crippen LogP contribution in [-0.4, -0.2) is 30.4 Å². The Labute approximate surface area is 169 Å². The van der Waals surface area contributed by atoms with E-state index >= 15 is 0 Å². The number of carbonyl (C=O) groups is 1.